The first-order valence-electron chi connectivity index (χ1n) is 4.99. The van der Waals surface area contributed by atoms with Crippen molar-refractivity contribution >= 4 is 0 Å². The molecule has 0 bridgehead atoms. The Hall–Kier alpha value is -0.110. The Morgan fingerprint density at radius 2 is 2.08 bits per heavy atom. The lowest BCUT2D eigenvalue weighted by Crippen LogP contribution is -2.43. The van der Waals surface area contributed by atoms with Crippen molar-refractivity contribution < 1.29 is 9.50 Å². The van der Waals surface area contributed by atoms with Crippen molar-refractivity contribution in [1.29, 1.82) is 0 Å². The zero-order valence-electron chi connectivity index (χ0n) is 7.43. The summed E-state index contributed by atoms with van der Waals surface area (Å²) in [7, 11) is 0. The van der Waals surface area contributed by atoms with Crippen molar-refractivity contribution in [2.24, 2.45) is 11.3 Å². The first-order chi connectivity index (χ1) is 5.74. The summed E-state index contributed by atoms with van der Waals surface area (Å²) in [6.07, 6.45) is 6.22. The van der Waals surface area contributed by atoms with Crippen LogP contribution in [0, 0.1) is 11.3 Å². The molecule has 1 atom stereocenters. The van der Waals surface area contributed by atoms with E-state index in [1.165, 1.54) is 32.1 Å². The van der Waals surface area contributed by atoms with Crippen LogP contribution in [0.2, 0.25) is 0 Å². The van der Waals surface area contributed by atoms with Crippen molar-refractivity contribution in [3.8, 4) is 0 Å². The summed E-state index contributed by atoms with van der Waals surface area (Å²) in [5.74, 6) is 0.576. The molecule has 12 heavy (non-hydrogen) atoms. The topological polar surface area (TPSA) is 20.2 Å². The lowest BCUT2D eigenvalue weighted by molar-refractivity contribution is -0.0395. The fourth-order valence-electron chi connectivity index (χ4n) is 2.85. The number of halogens is 1. The van der Waals surface area contributed by atoms with Crippen LogP contribution in [0.5, 0.6) is 0 Å². The Bertz CT molecular complexity index is 154. The van der Waals surface area contributed by atoms with E-state index < -0.39 is 6.17 Å². The van der Waals surface area contributed by atoms with Gasteiger partial charge in [-0.3, -0.25) is 0 Å². The third kappa shape index (κ3) is 1.37. The summed E-state index contributed by atoms with van der Waals surface area (Å²) in [4.78, 5) is 0. The summed E-state index contributed by atoms with van der Waals surface area (Å²) in [6, 6.07) is 0. The fourth-order valence-corrected chi connectivity index (χ4v) is 2.85. The minimum atomic E-state index is -0.965. The Morgan fingerprint density at radius 3 is 2.50 bits per heavy atom. The van der Waals surface area contributed by atoms with E-state index in [1.54, 1.807) is 0 Å². The molecule has 1 N–H and O–H groups in total. The second-order valence-corrected chi connectivity index (χ2v) is 4.64. The Kier molecular flexibility index (Phi) is 2.11. The van der Waals surface area contributed by atoms with Gasteiger partial charge in [-0.2, -0.15) is 0 Å². The molecular weight excluding hydrogens is 155 g/mol. The molecule has 2 rings (SSSR count). The van der Waals surface area contributed by atoms with E-state index in [2.05, 4.69) is 0 Å². The highest BCUT2D eigenvalue weighted by atomic mass is 19.1. The Morgan fingerprint density at radius 1 is 1.42 bits per heavy atom. The van der Waals surface area contributed by atoms with Crippen LogP contribution in [0.1, 0.15) is 38.5 Å². The van der Waals surface area contributed by atoms with Crippen molar-refractivity contribution in [3.05, 3.63) is 0 Å². The van der Waals surface area contributed by atoms with Crippen molar-refractivity contribution in [2.75, 3.05) is 6.61 Å². The van der Waals surface area contributed by atoms with Gasteiger partial charge in [0, 0.05) is 0 Å². The summed E-state index contributed by atoms with van der Waals surface area (Å²) in [5, 5.41) is 8.53. The van der Waals surface area contributed by atoms with Gasteiger partial charge in [0.15, 0.2) is 0 Å². The summed E-state index contributed by atoms with van der Waals surface area (Å²) < 4.78 is 12.7. The van der Waals surface area contributed by atoms with Gasteiger partial charge in [0.25, 0.3) is 0 Å². The molecule has 2 saturated carbocycles. The quantitative estimate of drug-likeness (QED) is 0.692. The molecule has 0 radical (unpaired) electrons. The zero-order chi connectivity index (χ0) is 8.60. The van der Waals surface area contributed by atoms with E-state index in [9.17, 15) is 4.39 Å². The van der Waals surface area contributed by atoms with Gasteiger partial charge < -0.3 is 5.11 Å². The average Bonchev–Trinajstić information content (AvgIpc) is 1.91. The van der Waals surface area contributed by atoms with Crippen LogP contribution in [0.15, 0.2) is 0 Å². The second kappa shape index (κ2) is 2.99. The van der Waals surface area contributed by atoms with Crippen LogP contribution >= 0.6 is 0 Å². The van der Waals surface area contributed by atoms with Gasteiger partial charge in [0.2, 0.25) is 0 Å². The summed E-state index contributed by atoms with van der Waals surface area (Å²) >= 11 is 0. The fraction of sp³-hybridized carbons (Fsp3) is 1.00. The van der Waals surface area contributed by atoms with E-state index >= 15 is 0 Å². The maximum Gasteiger partial charge on any atom is 0.123 e. The molecule has 0 aromatic carbocycles. The molecule has 0 aliphatic heterocycles. The van der Waals surface area contributed by atoms with Crippen LogP contribution in [0.4, 0.5) is 4.39 Å². The first-order valence-corrected chi connectivity index (χ1v) is 4.99. The van der Waals surface area contributed by atoms with Crippen molar-refractivity contribution in [2.45, 2.75) is 44.7 Å². The normalized spacial score (nSPS) is 29.5. The molecule has 2 aliphatic carbocycles. The Labute approximate surface area is 73.0 Å². The lowest BCUT2D eigenvalue weighted by Gasteiger charge is -2.54. The Balaban J connectivity index is 1.67. The summed E-state index contributed by atoms with van der Waals surface area (Å²) in [5.41, 5.74) is 0.653. The molecule has 0 unspecified atom stereocenters. The number of alkyl halides is 1. The number of hydrogen-bond donors (Lipinski definition) is 1. The third-order valence-corrected chi connectivity index (χ3v) is 3.64. The molecule has 2 fully saturated rings. The highest BCUT2D eigenvalue weighted by Crippen LogP contribution is 2.59. The molecule has 1 spiro atoms. The number of aliphatic hydroxyl groups excluding tert-OH is 1. The maximum absolute atomic E-state index is 12.7. The molecule has 0 aromatic rings. The highest BCUT2D eigenvalue weighted by Gasteiger charge is 2.48. The average molecular weight is 172 g/mol. The van der Waals surface area contributed by atoms with E-state index in [0.717, 1.165) is 0 Å². The first kappa shape index (κ1) is 8.49. The molecule has 0 heterocycles. The van der Waals surface area contributed by atoms with Gasteiger partial charge in [-0.15, -0.1) is 0 Å². The van der Waals surface area contributed by atoms with E-state index in [-0.39, 0.29) is 6.61 Å². The zero-order valence-corrected chi connectivity index (χ0v) is 7.43. The standard InChI is InChI=1S/C10H17FO/c11-9(7-12)4-8-5-10(6-8)2-1-3-10/h8-9,12H,1-7H2/t9-/m0/s1. The molecule has 2 aliphatic rings. The minimum absolute atomic E-state index is 0.288. The highest BCUT2D eigenvalue weighted by molar-refractivity contribution is 4.99. The van der Waals surface area contributed by atoms with Crippen LogP contribution in [-0.4, -0.2) is 17.9 Å². The van der Waals surface area contributed by atoms with E-state index in [0.29, 0.717) is 17.8 Å². The molecule has 70 valence electrons. The van der Waals surface area contributed by atoms with Gasteiger partial charge in [0.05, 0.1) is 6.61 Å². The molecule has 2 heteroatoms. The molecule has 0 aromatic heterocycles. The minimum Gasteiger partial charge on any atom is -0.393 e. The molecule has 0 amide bonds. The molecule has 0 saturated heterocycles. The number of aliphatic hydroxyl groups is 1. The predicted octanol–water partition coefficient (Wildman–Crippen LogP) is 2.29. The van der Waals surface area contributed by atoms with Crippen LogP contribution in [0.25, 0.3) is 0 Å². The van der Waals surface area contributed by atoms with E-state index in [4.69, 9.17) is 5.11 Å². The van der Waals surface area contributed by atoms with E-state index in [1.807, 2.05) is 0 Å². The molecular formula is C10H17FO. The van der Waals surface area contributed by atoms with Crippen LogP contribution in [0.3, 0.4) is 0 Å². The van der Waals surface area contributed by atoms with Crippen LogP contribution in [-0.2, 0) is 0 Å². The lowest BCUT2D eigenvalue weighted by atomic mass is 9.51. The number of hydrogen-bond acceptors (Lipinski definition) is 1. The third-order valence-electron chi connectivity index (χ3n) is 3.64. The van der Waals surface area contributed by atoms with Gasteiger partial charge >= 0.3 is 0 Å². The largest absolute Gasteiger partial charge is 0.393 e. The van der Waals surface area contributed by atoms with Crippen molar-refractivity contribution in [1.82, 2.24) is 0 Å². The predicted molar refractivity (Wildman–Crippen MR) is 45.6 cm³/mol. The van der Waals surface area contributed by atoms with Gasteiger partial charge in [-0.05, 0) is 43.4 Å². The summed E-state index contributed by atoms with van der Waals surface area (Å²) in [6.45, 7) is -0.288. The molecule has 1 nitrogen and oxygen atoms in total. The maximum atomic E-state index is 12.7. The van der Waals surface area contributed by atoms with Crippen molar-refractivity contribution in [3.63, 3.8) is 0 Å². The smallest absolute Gasteiger partial charge is 0.123 e. The monoisotopic (exact) mass is 172 g/mol. The SMILES string of the molecule is OC[C@@H](F)CC1CC2(CCC2)C1. The van der Waals surface area contributed by atoms with Gasteiger partial charge in [-0.1, -0.05) is 6.42 Å². The second-order valence-electron chi connectivity index (χ2n) is 4.64. The van der Waals surface area contributed by atoms with Crippen LogP contribution < -0.4 is 0 Å². The number of rotatable bonds is 3. The van der Waals surface area contributed by atoms with Gasteiger partial charge in [0.1, 0.15) is 6.17 Å². The van der Waals surface area contributed by atoms with Gasteiger partial charge in [-0.25, -0.2) is 4.39 Å².